The van der Waals surface area contributed by atoms with Crippen LogP contribution in [0.15, 0.2) is 30.6 Å². The number of rotatable bonds is 3. The molecule has 0 aliphatic carbocycles. The van der Waals surface area contributed by atoms with Gasteiger partial charge in [0, 0.05) is 24.4 Å². The molecule has 2 aromatic rings. The number of benzene rings is 1. The molecule has 0 aliphatic heterocycles. The lowest BCUT2D eigenvalue weighted by Crippen LogP contribution is -2.15. The fourth-order valence-corrected chi connectivity index (χ4v) is 1.75. The van der Waals surface area contributed by atoms with Crippen LogP contribution < -0.4 is 5.73 Å². The molecule has 0 saturated heterocycles. The Morgan fingerprint density at radius 2 is 2.29 bits per heavy atom. The molecule has 88 valence electrons. The van der Waals surface area contributed by atoms with Crippen molar-refractivity contribution in [3.05, 3.63) is 47.8 Å². The van der Waals surface area contributed by atoms with Crippen LogP contribution in [-0.4, -0.2) is 15.4 Å². The van der Waals surface area contributed by atoms with Gasteiger partial charge in [-0.1, -0.05) is 6.92 Å². The molecule has 0 saturated carbocycles. The lowest BCUT2D eigenvalue weighted by molar-refractivity contribution is 0.627. The number of nitrogens with zero attached hydrogens (tertiary/aromatic N) is 2. The number of aryl methyl sites for hydroxylation is 1. The molecule has 17 heavy (non-hydrogen) atoms. The van der Waals surface area contributed by atoms with Crippen molar-refractivity contribution in [2.45, 2.75) is 13.3 Å². The van der Waals surface area contributed by atoms with E-state index in [1.54, 1.807) is 18.5 Å². The van der Waals surface area contributed by atoms with Crippen molar-refractivity contribution >= 4 is 5.84 Å². The van der Waals surface area contributed by atoms with Gasteiger partial charge in [-0.15, -0.1) is 0 Å². The smallest absolute Gasteiger partial charge is 0.125 e. The van der Waals surface area contributed by atoms with E-state index in [1.807, 2.05) is 11.5 Å². The molecule has 2 rings (SSSR count). The normalized spacial score (nSPS) is 10.5. The summed E-state index contributed by atoms with van der Waals surface area (Å²) in [6.07, 6.45) is 4.20. The number of nitrogens with one attached hydrogen (secondary N) is 1. The minimum absolute atomic E-state index is 0.157. The minimum atomic E-state index is -0.405. The van der Waals surface area contributed by atoms with Gasteiger partial charge in [-0.05, 0) is 18.2 Å². The van der Waals surface area contributed by atoms with E-state index in [0.29, 0.717) is 11.3 Å². The van der Waals surface area contributed by atoms with Crippen LogP contribution in [0, 0.1) is 11.2 Å². The van der Waals surface area contributed by atoms with E-state index >= 15 is 0 Å². The average molecular weight is 232 g/mol. The Morgan fingerprint density at radius 3 is 2.94 bits per heavy atom. The van der Waals surface area contributed by atoms with Gasteiger partial charge in [0.15, 0.2) is 0 Å². The summed E-state index contributed by atoms with van der Waals surface area (Å²) in [6, 6.07) is 4.21. The van der Waals surface area contributed by atoms with Crippen molar-refractivity contribution in [2.75, 3.05) is 0 Å². The molecule has 0 amide bonds. The number of amidine groups is 1. The average Bonchev–Trinajstić information content (AvgIpc) is 2.76. The predicted molar refractivity (Wildman–Crippen MR) is 63.9 cm³/mol. The van der Waals surface area contributed by atoms with Gasteiger partial charge < -0.3 is 10.3 Å². The van der Waals surface area contributed by atoms with E-state index in [4.69, 9.17) is 11.1 Å². The molecule has 1 aromatic heterocycles. The molecule has 1 heterocycles. The highest BCUT2D eigenvalue weighted by Crippen LogP contribution is 2.17. The van der Waals surface area contributed by atoms with Gasteiger partial charge in [-0.25, -0.2) is 9.37 Å². The Morgan fingerprint density at radius 1 is 1.53 bits per heavy atom. The highest BCUT2D eigenvalue weighted by atomic mass is 19.1. The van der Waals surface area contributed by atoms with Crippen LogP contribution >= 0.6 is 0 Å². The quantitative estimate of drug-likeness (QED) is 0.626. The van der Waals surface area contributed by atoms with E-state index in [1.165, 1.54) is 12.1 Å². The zero-order valence-corrected chi connectivity index (χ0v) is 9.44. The maximum Gasteiger partial charge on any atom is 0.125 e. The number of halogens is 1. The summed E-state index contributed by atoms with van der Waals surface area (Å²) in [5.41, 5.74) is 6.51. The van der Waals surface area contributed by atoms with Crippen LogP contribution in [0.5, 0.6) is 0 Å². The first-order chi connectivity index (χ1) is 8.13. The van der Waals surface area contributed by atoms with E-state index in [9.17, 15) is 4.39 Å². The number of aromatic nitrogens is 2. The molecular formula is C12H13FN4. The molecule has 5 heteroatoms. The van der Waals surface area contributed by atoms with Gasteiger partial charge in [0.2, 0.25) is 0 Å². The molecule has 0 aliphatic rings. The van der Waals surface area contributed by atoms with Crippen molar-refractivity contribution in [3.63, 3.8) is 0 Å². The molecule has 0 spiro atoms. The van der Waals surface area contributed by atoms with Crippen LogP contribution in [0.3, 0.4) is 0 Å². The first kappa shape index (κ1) is 11.3. The molecule has 0 bridgehead atoms. The van der Waals surface area contributed by atoms with Gasteiger partial charge in [0.05, 0.1) is 5.69 Å². The van der Waals surface area contributed by atoms with Crippen LogP contribution in [0.1, 0.15) is 18.3 Å². The third kappa shape index (κ3) is 2.04. The summed E-state index contributed by atoms with van der Waals surface area (Å²) in [7, 11) is 0. The standard InChI is InChI=1S/C12H13FN4/c1-2-11-16-5-6-17(11)10-4-3-8(13)7-9(10)12(14)15/h3-7H,2H2,1H3,(H3,14,15). The van der Waals surface area contributed by atoms with Crippen LogP contribution in [0.2, 0.25) is 0 Å². The van der Waals surface area contributed by atoms with Gasteiger partial charge in [0.25, 0.3) is 0 Å². The van der Waals surface area contributed by atoms with E-state index in [0.717, 1.165) is 12.2 Å². The lowest BCUT2D eigenvalue weighted by Gasteiger charge is -2.11. The summed E-state index contributed by atoms with van der Waals surface area (Å²) >= 11 is 0. The van der Waals surface area contributed by atoms with Gasteiger partial charge in [-0.2, -0.15) is 0 Å². The molecule has 4 nitrogen and oxygen atoms in total. The number of nitrogens with two attached hydrogens (primary N) is 1. The Labute approximate surface area is 98.4 Å². The van der Waals surface area contributed by atoms with Crippen molar-refractivity contribution in [3.8, 4) is 5.69 Å². The van der Waals surface area contributed by atoms with Crippen LogP contribution in [-0.2, 0) is 6.42 Å². The number of imidazole rings is 1. The third-order valence-electron chi connectivity index (χ3n) is 2.54. The topological polar surface area (TPSA) is 67.7 Å². The van der Waals surface area contributed by atoms with E-state index in [-0.39, 0.29) is 5.84 Å². The Bertz CT molecular complexity index is 559. The molecule has 1 aromatic carbocycles. The Balaban J connectivity index is 2.63. The van der Waals surface area contributed by atoms with Gasteiger partial charge in [0.1, 0.15) is 17.5 Å². The van der Waals surface area contributed by atoms with Gasteiger partial charge >= 0.3 is 0 Å². The van der Waals surface area contributed by atoms with Crippen molar-refractivity contribution in [1.29, 1.82) is 5.41 Å². The monoisotopic (exact) mass is 232 g/mol. The zero-order chi connectivity index (χ0) is 12.4. The number of hydrogen-bond donors (Lipinski definition) is 2. The van der Waals surface area contributed by atoms with Gasteiger partial charge in [-0.3, -0.25) is 5.41 Å². The fourth-order valence-electron chi connectivity index (χ4n) is 1.75. The SMILES string of the molecule is CCc1nccn1-c1ccc(F)cc1C(=N)N. The highest BCUT2D eigenvalue weighted by molar-refractivity contribution is 5.98. The largest absolute Gasteiger partial charge is 0.384 e. The first-order valence-corrected chi connectivity index (χ1v) is 5.30. The summed E-state index contributed by atoms with van der Waals surface area (Å²) in [5, 5.41) is 7.48. The molecule has 0 radical (unpaired) electrons. The predicted octanol–water partition coefficient (Wildman–Crippen LogP) is 1.86. The van der Waals surface area contributed by atoms with Crippen LogP contribution in [0.4, 0.5) is 4.39 Å². The Kier molecular flexibility index (Phi) is 2.91. The molecule has 0 atom stereocenters. The maximum absolute atomic E-state index is 13.2. The van der Waals surface area contributed by atoms with E-state index in [2.05, 4.69) is 4.98 Å². The maximum atomic E-state index is 13.2. The number of nitrogen functional groups attached to an aromatic ring is 1. The summed E-state index contributed by atoms with van der Waals surface area (Å²) in [4.78, 5) is 4.19. The van der Waals surface area contributed by atoms with Crippen molar-refractivity contribution in [2.24, 2.45) is 5.73 Å². The summed E-state index contributed by atoms with van der Waals surface area (Å²) in [6.45, 7) is 1.98. The second-order valence-corrected chi connectivity index (χ2v) is 3.64. The third-order valence-corrected chi connectivity index (χ3v) is 2.54. The number of hydrogen-bond acceptors (Lipinski definition) is 2. The van der Waals surface area contributed by atoms with Crippen molar-refractivity contribution in [1.82, 2.24) is 9.55 Å². The molecule has 3 N–H and O–H groups in total. The fraction of sp³-hybridized carbons (Fsp3) is 0.167. The van der Waals surface area contributed by atoms with Crippen molar-refractivity contribution < 1.29 is 4.39 Å². The van der Waals surface area contributed by atoms with E-state index < -0.39 is 5.82 Å². The summed E-state index contributed by atoms with van der Waals surface area (Å²) in [5.74, 6) is 0.284. The minimum Gasteiger partial charge on any atom is -0.384 e. The summed E-state index contributed by atoms with van der Waals surface area (Å²) < 4.78 is 15.0. The highest BCUT2D eigenvalue weighted by Gasteiger charge is 2.11. The second-order valence-electron chi connectivity index (χ2n) is 3.64. The molecular weight excluding hydrogens is 219 g/mol. The molecule has 0 unspecified atom stereocenters. The Hall–Kier alpha value is -2.17. The second kappa shape index (κ2) is 4.37. The zero-order valence-electron chi connectivity index (χ0n) is 9.44. The first-order valence-electron chi connectivity index (χ1n) is 5.30. The lowest BCUT2D eigenvalue weighted by atomic mass is 10.1. The van der Waals surface area contributed by atoms with Crippen LogP contribution in [0.25, 0.3) is 5.69 Å². The molecule has 0 fully saturated rings.